The Kier molecular flexibility index (Phi) is 5.15. The van der Waals surface area contributed by atoms with E-state index in [2.05, 4.69) is 11.9 Å². The first-order valence-corrected chi connectivity index (χ1v) is 5.32. The Morgan fingerprint density at radius 3 is 2.81 bits per heavy atom. The molecule has 0 fully saturated rings. The van der Waals surface area contributed by atoms with E-state index in [1.165, 1.54) is 0 Å². The van der Waals surface area contributed by atoms with Crippen LogP contribution in [0.25, 0.3) is 0 Å². The van der Waals surface area contributed by atoms with Crippen LogP contribution in [-0.2, 0) is 6.54 Å². The molecule has 16 heavy (non-hydrogen) atoms. The van der Waals surface area contributed by atoms with Gasteiger partial charge < -0.3 is 14.8 Å². The molecule has 88 valence electrons. The SMILES string of the molecule is C=C(Cl)COc1ccc(OC)cc1CNC. The van der Waals surface area contributed by atoms with E-state index in [4.69, 9.17) is 21.1 Å². The second kappa shape index (κ2) is 6.40. The maximum Gasteiger partial charge on any atom is 0.124 e. The first kappa shape index (κ1) is 12.9. The van der Waals surface area contributed by atoms with Gasteiger partial charge in [-0.1, -0.05) is 18.2 Å². The molecule has 0 spiro atoms. The molecule has 0 aliphatic carbocycles. The highest BCUT2D eigenvalue weighted by Gasteiger charge is 2.05. The minimum atomic E-state index is 0.310. The fourth-order valence-electron chi connectivity index (χ4n) is 1.31. The van der Waals surface area contributed by atoms with Gasteiger partial charge in [-0.25, -0.2) is 0 Å². The zero-order chi connectivity index (χ0) is 12.0. The molecular formula is C12H16ClNO2. The molecule has 0 atom stereocenters. The van der Waals surface area contributed by atoms with E-state index in [-0.39, 0.29) is 0 Å². The molecule has 0 unspecified atom stereocenters. The van der Waals surface area contributed by atoms with Crippen LogP contribution >= 0.6 is 11.6 Å². The minimum Gasteiger partial charge on any atom is -0.497 e. The molecule has 0 aliphatic heterocycles. The maximum absolute atomic E-state index is 5.66. The summed E-state index contributed by atoms with van der Waals surface area (Å²) in [5.74, 6) is 1.60. The van der Waals surface area contributed by atoms with Crippen molar-refractivity contribution < 1.29 is 9.47 Å². The van der Waals surface area contributed by atoms with E-state index in [9.17, 15) is 0 Å². The summed E-state index contributed by atoms with van der Waals surface area (Å²) < 4.78 is 10.7. The van der Waals surface area contributed by atoms with Gasteiger partial charge >= 0.3 is 0 Å². The first-order chi connectivity index (χ1) is 7.67. The molecule has 0 heterocycles. The topological polar surface area (TPSA) is 30.5 Å². The lowest BCUT2D eigenvalue weighted by Crippen LogP contribution is -2.08. The van der Waals surface area contributed by atoms with Crippen LogP contribution in [0, 0.1) is 0 Å². The van der Waals surface area contributed by atoms with Crippen LogP contribution in [0.3, 0.4) is 0 Å². The van der Waals surface area contributed by atoms with Crippen LogP contribution in [0.5, 0.6) is 11.5 Å². The quantitative estimate of drug-likeness (QED) is 0.830. The molecule has 0 aromatic heterocycles. The van der Waals surface area contributed by atoms with Crippen molar-refractivity contribution in [3.05, 3.63) is 35.4 Å². The number of benzene rings is 1. The van der Waals surface area contributed by atoms with Crippen molar-refractivity contribution in [2.75, 3.05) is 20.8 Å². The van der Waals surface area contributed by atoms with Gasteiger partial charge in [0.2, 0.25) is 0 Å². The fraction of sp³-hybridized carbons (Fsp3) is 0.333. The van der Waals surface area contributed by atoms with Crippen molar-refractivity contribution in [1.29, 1.82) is 0 Å². The predicted octanol–water partition coefficient (Wildman–Crippen LogP) is 2.55. The average molecular weight is 242 g/mol. The Morgan fingerprint density at radius 2 is 2.25 bits per heavy atom. The van der Waals surface area contributed by atoms with Crippen molar-refractivity contribution in [2.24, 2.45) is 0 Å². The molecule has 4 heteroatoms. The Hall–Kier alpha value is -1.19. The van der Waals surface area contributed by atoms with Crippen LogP contribution < -0.4 is 14.8 Å². The highest BCUT2D eigenvalue weighted by molar-refractivity contribution is 6.29. The van der Waals surface area contributed by atoms with Crippen LogP contribution in [0.1, 0.15) is 5.56 Å². The second-order valence-corrected chi connectivity index (χ2v) is 3.84. The smallest absolute Gasteiger partial charge is 0.124 e. The van der Waals surface area contributed by atoms with Gasteiger partial charge in [-0.05, 0) is 25.2 Å². The Bertz CT molecular complexity index is 366. The van der Waals surface area contributed by atoms with Crippen molar-refractivity contribution >= 4 is 11.6 Å². The number of rotatable bonds is 6. The van der Waals surface area contributed by atoms with Crippen LogP contribution in [-0.4, -0.2) is 20.8 Å². The molecule has 0 saturated carbocycles. The molecule has 0 aliphatic rings. The number of ether oxygens (including phenoxy) is 2. The first-order valence-electron chi connectivity index (χ1n) is 4.95. The molecule has 1 N–H and O–H groups in total. The number of halogens is 1. The van der Waals surface area contributed by atoms with Gasteiger partial charge in [-0.3, -0.25) is 0 Å². The van der Waals surface area contributed by atoms with Gasteiger partial charge in [0, 0.05) is 17.1 Å². The van der Waals surface area contributed by atoms with Crippen molar-refractivity contribution in [3.8, 4) is 11.5 Å². The summed E-state index contributed by atoms with van der Waals surface area (Å²) in [7, 11) is 3.52. The van der Waals surface area contributed by atoms with E-state index < -0.39 is 0 Å². The summed E-state index contributed by atoms with van der Waals surface area (Å²) >= 11 is 5.66. The zero-order valence-corrected chi connectivity index (χ0v) is 10.3. The minimum absolute atomic E-state index is 0.310. The molecule has 0 radical (unpaired) electrons. The monoisotopic (exact) mass is 241 g/mol. The number of hydrogen-bond acceptors (Lipinski definition) is 3. The zero-order valence-electron chi connectivity index (χ0n) is 9.55. The van der Waals surface area contributed by atoms with Gasteiger partial charge in [0.1, 0.15) is 18.1 Å². The summed E-state index contributed by atoms with van der Waals surface area (Å²) in [6.07, 6.45) is 0. The molecule has 1 rings (SSSR count). The normalized spacial score (nSPS) is 9.94. The largest absolute Gasteiger partial charge is 0.497 e. The number of hydrogen-bond donors (Lipinski definition) is 1. The maximum atomic E-state index is 5.66. The highest BCUT2D eigenvalue weighted by atomic mass is 35.5. The van der Waals surface area contributed by atoms with E-state index in [1.54, 1.807) is 7.11 Å². The summed E-state index contributed by atoms with van der Waals surface area (Å²) in [6, 6.07) is 5.65. The molecule has 1 aromatic rings. The Morgan fingerprint density at radius 1 is 1.50 bits per heavy atom. The molecule has 0 bridgehead atoms. The number of nitrogens with one attached hydrogen (secondary N) is 1. The summed E-state index contributed by atoms with van der Waals surface area (Å²) in [5.41, 5.74) is 1.03. The highest BCUT2D eigenvalue weighted by Crippen LogP contribution is 2.24. The summed E-state index contributed by atoms with van der Waals surface area (Å²) in [6.45, 7) is 4.60. The van der Waals surface area contributed by atoms with Crippen molar-refractivity contribution in [1.82, 2.24) is 5.32 Å². The Balaban J connectivity index is 2.84. The Labute approximate surface area is 101 Å². The molecule has 0 amide bonds. The lowest BCUT2D eigenvalue weighted by atomic mass is 10.2. The summed E-state index contributed by atoms with van der Waals surface area (Å²) in [5, 5.41) is 3.55. The summed E-state index contributed by atoms with van der Waals surface area (Å²) in [4.78, 5) is 0. The average Bonchev–Trinajstić information content (AvgIpc) is 2.27. The third kappa shape index (κ3) is 3.76. The molecular weight excluding hydrogens is 226 g/mol. The van der Waals surface area contributed by atoms with Crippen molar-refractivity contribution in [3.63, 3.8) is 0 Å². The standard InChI is InChI=1S/C12H16ClNO2/c1-9(13)8-16-12-5-4-11(15-3)6-10(12)7-14-2/h4-6,14H,1,7-8H2,2-3H3. The van der Waals surface area contributed by atoms with Crippen molar-refractivity contribution in [2.45, 2.75) is 6.54 Å². The third-order valence-corrected chi connectivity index (χ3v) is 2.13. The lowest BCUT2D eigenvalue weighted by Gasteiger charge is -2.12. The lowest BCUT2D eigenvalue weighted by molar-refractivity contribution is 0.352. The van der Waals surface area contributed by atoms with Gasteiger partial charge in [0.15, 0.2) is 0 Å². The third-order valence-electron chi connectivity index (χ3n) is 2.02. The van der Waals surface area contributed by atoms with E-state index in [1.807, 2.05) is 25.2 Å². The molecule has 3 nitrogen and oxygen atoms in total. The van der Waals surface area contributed by atoms with E-state index in [0.717, 1.165) is 17.1 Å². The van der Waals surface area contributed by atoms with E-state index >= 15 is 0 Å². The predicted molar refractivity (Wildman–Crippen MR) is 66.2 cm³/mol. The van der Waals surface area contributed by atoms with Crippen LogP contribution in [0.15, 0.2) is 29.8 Å². The van der Waals surface area contributed by atoms with Gasteiger partial charge in [0.25, 0.3) is 0 Å². The second-order valence-electron chi connectivity index (χ2n) is 3.31. The number of methoxy groups -OCH3 is 1. The molecule has 0 saturated heterocycles. The van der Waals surface area contributed by atoms with Gasteiger partial charge in [0.05, 0.1) is 7.11 Å². The van der Waals surface area contributed by atoms with Gasteiger partial charge in [-0.15, -0.1) is 0 Å². The van der Waals surface area contributed by atoms with Crippen LogP contribution in [0.4, 0.5) is 0 Å². The van der Waals surface area contributed by atoms with Crippen LogP contribution in [0.2, 0.25) is 0 Å². The fourth-order valence-corrected chi connectivity index (χ4v) is 1.36. The van der Waals surface area contributed by atoms with E-state index in [0.29, 0.717) is 18.2 Å². The molecule has 1 aromatic carbocycles. The van der Waals surface area contributed by atoms with Gasteiger partial charge in [-0.2, -0.15) is 0 Å².